The van der Waals surface area contributed by atoms with Gasteiger partial charge in [0.1, 0.15) is 0 Å². The summed E-state index contributed by atoms with van der Waals surface area (Å²) in [7, 11) is 0. The molecule has 0 fully saturated rings. The first-order valence-electron chi connectivity index (χ1n) is 34.5. The maximum atomic E-state index is 4.99. The Labute approximate surface area is 586 Å². The molecule has 0 spiro atoms. The topological polar surface area (TPSA) is 42.1 Å². The molecular formula is C95H64N6. The van der Waals surface area contributed by atoms with Crippen molar-refractivity contribution in [3.05, 3.63) is 411 Å². The molecule has 19 rings (SSSR count). The van der Waals surface area contributed by atoms with Gasteiger partial charge in [-0.1, -0.05) is 267 Å². The lowest BCUT2D eigenvalue weighted by molar-refractivity contribution is 0.768. The van der Waals surface area contributed by atoms with Crippen LogP contribution < -0.4 is 9.80 Å². The van der Waals surface area contributed by atoms with Gasteiger partial charge in [-0.15, -0.1) is 0 Å². The van der Waals surface area contributed by atoms with Gasteiger partial charge in [-0.05, 0) is 165 Å². The summed E-state index contributed by atoms with van der Waals surface area (Å²) in [6, 6.07) is 138. The number of aromatic nitrogens is 4. The molecule has 0 atom stereocenters. The Bertz CT molecular complexity index is 5740. The predicted molar refractivity (Wildman–Crippen MR) is 419 cm³/mol. The molecule has 4 heterocycles. The smallest absolute Gasteiger partial charge is 0.0722 e. The van der Waals surface area contributed by atoms with E-state index in [9.17, 15) is 0 Å². The fourth-order valence-corrected chi connectivity index (χ4v) is 16.1. The van der Waals surface area contributed by atoms with Crippen LogP contribution in [0.3, 0.4) is 0 Å². The van der Waals surface area contributed by atoms with Crippen LogP contribution in [-0.4, -0.2) is 19.1 Å². The second-order valence-electron chi connectivity index (χ2n) is 26.0. The van der Waals surface area contributed by atoms with Crippen molar-refractivity contribution in [2.45, 2.75) is 5.41 Å². The van der Waals surface area contributed by atoms with E-state index >= 15 is 0 Å². The molecule has 474 valence electrons. The monoisotopic (exact) mass is 1290 g/mol. The first-order chi connectivity index (χ1) is 50.1. The largest absolute Gasteiger partial charge is 0.310 e. The van der Waals surface area contributed by atoms with E-state index in [1.807, 2.05) is 24.5 Å². The Kier molecular flexibility index (Phi) is 14.3. The van der Waals surface area contributed by atoms with Crippen LogP contribution in [0.2, 0.25) is 0 Å². The van der Waals surface area contributed by atoms with Crippen molar-refractivity contribution in [1.29, 1.82) is 0 Å². The standard InChI is InChI=1S/C95H64N6/c1-9-27-67(28-10-1)91-83-55-51-79(63-89(83)100(73-41-21-7-22-42-73)93(91)69-31-13-3-14-32-69)98(77-47-45-65-35-25-57-96-87(65)61-77)75-49-53-81-82-54-50-76(60-86(82)95(85(81)59-75,71-37-17-5-18-38-71)72-39-19-6-20-40-72)99(78-48-46-66-36-26-58-97-88(66)62-78)80-52-56-84-90(64-80)101(74-43-23-8-24-44-74)94(70-33-15-4-16-34-70)92(84)68-29-11-2-12-30-68/h1-64H. The number of hydrogen-bond donors (Lipinski definition) is 0. The van der Waals surface area contributed by atoms with E-state index in [2.05, 4.69) is 383 Å². The molecular weight excluding hydrogens is 1230 g/mol. The minimum absolute atomic E-state index is 0.825. The predicted octanol–water partition coefficient (Wildman–Crippen LogP) is 24.6. The van der Waals surface area contributed by atoms with Crippen LogP contribution in [0.15, 0.2) is 389 Å². The zero-order chi connectivity index (χ0) is 66.8. The zero-order valence-corrected chi connectivity index (χ0v) is 55.1. The van der Waals surface area contributed by atoms with Crippen LogP contribution in [0.5, 0.6) is 0 Å². The first-order valence-corrected chi connectivity index (χ1v) is 34.5. The molecule has 14 aromatic carbocycles. The van der Waals surface area contributed by atoms with Crippen LogP contribution in [0.4, 0.5) is 34.1 Å². The molecule has 0 saturated carbocycles. The number of benzene rings is 14. The van der Waals surface area contributed by atoms with E-state index in [1.54, 1.807) is 0 Å². The third kappa shape index (κ3) is 9.86. The average molecular weight is 1290 g/mol. The Morgan fingerprint density at radius 3 is 0.960 bits per heavy atom. The lowest BCUT2D eigenvalue weighted by Crippen LogP contribution is -2.29. The molecule has 6 nitrogen and oxygen atoms in total. The number of para-hydroxylation sites is 2. The lowest BCUT2D eigenvalue weighted by atomic mass is 9.67. The Morgan fingerprint density at radius 2 is 0.574 bits per heavy atom. The molecule has 6 heteroatoms. The van der Waals surface area contributed by atoms with Crippen LogP contribution in [0.25, 0.3) is 111 Å². The van der Waals surface area contributed by atoms with E-state index in [-0.39, 0.29) is 0 Å². The maximum absolute atomic E-state index is 4.99. The van der Waals surface area contributed by atoms with Crippen molar-refractivity contribution >= 4 is 77.7 Å². The molecule has 0 N–H and O–H groups in total. The molecule has 0 bridgehead atoms. The fourth-order valence-electron chi connectivity index (χ4n) is 16.1. The van der Waals surface area contributed by atoms with Gasteiger partial charge >= 0.3 is 0 Å². The normalized spacial score (nSPS) is 12.2. The van der Waals surface area contributed by atoms with Gasteiger partial charge in [0.25, 0.3) is 0 Å². The van der Waals surface area contributed by atoms with Gasteiger partial charge in [-0.25, -0.2) is 0 Å². The molecule has 101 heavy (non-hydrogen) atoms. The molecule has 1 aliphatic carbocycles. The number of pyridine rings is 2. The van der Waals surface area contributed by atoms with Gasteiger partial charge < -0.3 is 18.9 Å². The SMILES string of the molecule is c1ccc(-c2c(-c3ccccc3)n(-c3ccccc3)c3cc(N(c4ccc5c(c4)C(c4ccccc4)(c4ccccc4)c4cc(N(c6ccc7cccnc7c6)c6ccc7c(-c8ccccc8)c(-c8ccccc8)n(-c8ccccc8)c7c6)ccc4-5)c4ccc5cccnc5c4)ccc23)cc1. The van der Waals surface area contributed by atoms with Crippen LogP contribution in [0, 0.1) is 0 Å². The molecule has 0 aliphatic heterocycles. The maximum Gasteiger partial charge on any atom is 0.0722 e. The zero-order valence-electron chi connectivity index (χ0n) is 55.1. The van der Waals surface area contributed by atoms with Crippen molar-refractivity contribution in [1.82, 2.24) is 19.1 Å². The molecule has 18 aromatic rings. The number of anilines is 6. The Balaban J connectivity index is 0.855. The second-order valence-corrected chi connectivity index (χ2v) is 26.0. The lowest BCUT2D eigenvalue weighted by Gasteiger charge is -2.35. The van der Waals surface area contributed by atoms with Gasteiger partial charge in [0.05, 0.1) is 38.9 Å². The van der Waals surface area contributed by atoms with Crippen molar-refractivity contribution in [3.8, 4) is 67.3 Å². The summed E-state index contributed by atoms with van der Waals surface area (Å²) >= 11 is 0. The van der Waals surface area contributed by atoms with Crippen LogP contribution in [0.1, 0.15) is 22.3 Å². The van der Waals surface area contributed by atoms with E-state index in [0.717, 1.165) is 134 Å². The summed E-state index contributed by atoms with van der Waals surface area (Å²) in [5.41, 5.74) is 27.6. The quantitative estimate of drug-likeness (QED) is 0.109. The summed E-state index contributed by atoms with van der Waals surface area (Å²) in [6.45, 7) is 0. The van der Waals surface area contributed by atoms with Crippen molar-refractivity contribution in [3.63, 3.8) is 0 Å². The van der Waals surface area contributed by atoms with Crippen LogP contribution in [-0.2, 0) is 5.41 Å². The van der Waals surface area contributed by atoms with Crippen LogP contribution >= 0.6 is 0 Å². The molecule has 0 amide bonds. The molecule has 0 radical (unpaired) electrons. The summed E-state index contributed by atoms with van der Waals surface area (Å²) in [5.74, 6) is 0. The highest BCUT2D eigenvalue weighted by molar-refractivity contribution is 6.09. The summed E-state index contributed by atoms with van der Waals surface area (Å²) in [4.78, 5) is 14.9. The molecule has 1 aliphatic rings. The second kappa shape index (κ2) is 24.6. The molecule has 0 saturated heterocycles. The first kappa shape index (κ1) is 58.9. The summed E-state index contributed by atoms with van der Waals surface area (Å²) < 4.78 is 4.92. The average Bonchev–Trinajstić information content (AvgIpc) is 1.51. The van der Waals surface area contributed by atoms with E-state index < -0.39 is 5.41 Å². The minimum Gasteiger partial charge on any atom is -0.310 e. The van der Waals surface area contributed by atoms with Gasteiger partial charge in [0, 0.05) is 90.6 Å². The van der Waals surface area contributed by atoms with Gasteiger partial charge in [-0.3, -0.25) is 9.97 Å². The van der Waals surface area contributed by atoms with Crippen molar-refractivity contribution < 1.29 is 0 Å². The van der Waals surface area contributed by atoms with Crippen molar-refractivity contribution in [2.24, 2.45) is 0 Å². The third-order valence-corrected chi connectivity index (χ3v) is 20.4. The highest BCUT2D eigenvalue weighted by atomic mass is 15.2. The van der Waals surface area contributed by atoms with Gasteiger partial charge in [0.2, 0.25) is 0 Å². The van der Waals surface area contributed by atoms with Gasteiger partial charge in [-0.2, -0.15) is 0 Å². The fraction of sp³-hybridized carbons (Fsp3) is 0.0105. The van der Waals surface area contributed by atoms with E-state index in [1.165, 1.54) is 33.4 Å². The highest BCUT2D eigenvalue weighted by Gasteiger charge is 2.47. The van der Waals surface area contributed by atoms with E-state index in [0.29, 0.717) is 0 Å². The van der Waals surface area contributed by atoms with Crippen molar-refractivity contribution in [2.75, 3.05) is 9.80 Å². The number of rotatable bonds is 14. The Hall–Kier alpha value is -13.4. The Morgan fingerprint density at radius 1 is 0.257 bits per heavy atom. The summed E-state index contributed by atoms with van der Waals surface area (Å²) in [6.07, 6.45) is 3.78. The third-order valence-electron chi connectivity index (χ3n) is 20.4. The minimum atomic E-state index is -0.825. The van der Waals surface area contributed by atoms with Gasteiger partial charge in [0.15, 0.2) is 0 Å². The number of hydrogen-bond acceptors (Lipinski definition) is 4. The number of fused-ring (bicyclic) bond motifs is 7. The molecule has 4 aromatic heterocycles. The highest BCUT2D eigenvalue weighted by Crippen LogP contribution is 2.59. The van der Waals surface area contributed by atoms with E-state index in [4.69, 9.17) is 9.97 Å². The molecule has 0 unspecified atom stereocenters. The summed E-state index contributed by atoms with van der Waals surface area (Å²) in [5, 5.41) is 4.46. The number of nitrogens with zero attached hydrogens (tertiary/aromatic N) is 6.